The number of hydrogen-bond donors (Lipinski definition) is 1. The van der Waals surface area contributed by atoms with E-state index in [1.165, 1.54) is 12.8 Å². The minimum atomic E-state index is 0.320. The van der Waals surface area contributed by atoms with Crippen molar-refractivity contribution in [2.75, 3.05) is 0 Å². The molecule has 2 heterocycles. The van der Waals surface area contributed by atoms with Crippen LogP contribution in [0.2, 0.25) is 0 Å². The summed E-state index contributed by atoms with van der Waals surface area (Å²) in [6.07, 6.45) is 4.02. The lowest BCUT2D eigenvalue weighted by molar-refractivity contribution is 0.468. The van der Waals surface area contributed by atoms with Crippen LogP contribution >= 0.6 is 0 Å². The monoisotopic (exact) mass is 229 g/mol. The molecule has 1 N–H and O–H groups in total. The molecule has 1 aliphatic rings. The predicted molar refractivity (Wildman–Crippen MR) is 63.9 cm³/mol. The van der Waals surface area contributed by atoms with Crippen molar-refractivity contribution in [2.24, 2.45) is 0 Å². The van der Waals surface area contributed by atoms with Gasteiger partial charge in [0.25, 0.3) is 0 Å². The molecule has 0 fully saturated rings. The molecule has 0 spiro atoms. The minimum absolute atomic E-state index is 0.320. The van der Waals surface area contributed by atoms with E-state index < -0.39 is 0 Å². The normalized spacial score (nSPS) is 14.6. The highest BCUT2D eigenvalue weighted by Gasteiger charge is 2.14. The number of para-hydroxylation sites is 1. The van der Waals surface area contributed by atoms with Crippen LogP contribution in [0, 0.1) is 0 Å². The number of aryl methyl sites for hydroxylation is 2. The van der Waals surface area contributed by atoms with Crippen LogP contribution in [0.3, 0.4) is 0 Å². The molecule has 0 atom stereocenters. The molecular formula is C13H15N3O. The summed E-state index contributed by atoms with van der Waals surface area (Å²) in [5.41, 5.74) is 0.885. The van der Waals surface area contributed by atoms with E-state index in [9.17, 15) is 5.11 Å². The Morgan fingerprint density at radius 2 is 2.12 bits per heavy atom. The van der Waals surface area contributed by atoms with Crippen molar-refractivity contribution in [2.45, 2.75) is 32.2 Å². The third-order valence-electron chi connectivity index (χ3n) is 3.15. The summed E-state index contributed by atoms with van der Waals surface area (Å²) in [6, 6.07) is 7.36. The molecule has 4 nitrogen and oxygen atoms in total. The van der Waals surface area contributed by atoms with Crippen LogP contribution in [0.1, 0.15) is 30.1 Å². The van der Waals surface area contributed by atoms with Gasteiger partial charge in [-0.1, -0.05) is 18.2 Å². The van der Waals surface area contributed by atoms with Gasteiger partial charge in [0.1, 0.15) is 11.6 Å². The van der Waals surface area contributed by atoms with Crippen molar-refractivity contribution in [3.63, 3.8) is 0 Å². The number of phenols is 1. The average Bonchev–Trinajstić information content (AvgIpc) is 2.74. The van der Waals surface area contributed by atoms with E-state index in [0.29, 0.717) is 12.2 Å². The van der Waals surface area contributed by atoms with Crippen LogP contribution in [-0.4, -0.2) is 19.9 Å². The van der Waals surface area contributed by atoms with Gasteiger partial charge in [0.05, 0.1) is 0 Å². The first-order chi connectivity index (χ1) is 8.33. The molecule has 1 aromatic heterocycles. The van der Waals surface area contributed by atoms with E-state index >= 15 is 0 Å². The Bertz CT molecular complexity index is 510. The fourth-order valence-corrected chi connectivity index (χ4v) is 2.24. The highest BCUT2D eigenvalue weighted by Crippen LogP contribution is 2.19. The van der Waals surface area contributed by atoms with Crippen molar-refractivity contribution in [1.29, 1.82) is 0 Å². The van der Waals surface area contributed by atoms with Crippen LogP contribution in [0.15, 0.2) is 24.3 Å². The van der Waals surface area contributed by atoms with Crippen LogP contribution in [0.5, 0.6) is 5.75 Å². The Balaban J connectivity index is 1.86. The topological polar surface area (TPSA) is 50.9 Å². The molecule has 0 aliphatic carbocycles. The molecule has 1 aromatic carbocycles. The van der Waals surface area contributed by atoms with Crippen molar-refractivity contribution < 1.29 is 5.11 Å². The van der Waals surface area contributed by atoms with Gasteiger partial charge >= 0.3 is 0 Å². The van der Waals surface area contributed by atoms with Crippen molar-refractivity contribution in [3.05, 3.63) is 41.5 Å². The second-order valence-electron chi connectivity index (χ2n) is 4.43. The number of hydrogen-bond acceptors (Lipinski definition) is 3. The molecule has 0 amide bonds. The first-order valence-electron chi connectivity index (χ1n) is 6.02. The first-order valence-corrected chi connectivity index (χ1v) is 6.02. The van der Waals surface area contributed by atoms with Crippen LogP contribution in [-0.2, 0) is 19.4 Å². The average molecular weight is 229 g/mol. The lowest BCUT2D eigenvalue weighted by atomic mass is 10.1. The van der Waals surface area contributed by atoms with E-state index in [-0.39, 0.29) is 0 Å². The van der Waals surface area contributed by atoms with Crippen LogP contribution < -0.4 is 0 Å². The summed E-state index contributed by atoms with van der Waals surface area (Å²) in [4.78, 5) is 4.53. The van der Waals surface area contributed by atoms with Gasteiger partial charge in [0.15, 0.2) is 5.82 Å². The Kier molecular flexibility index (Phi) is 2.55. The fourth-order valence-electron chi connectivity index (χ4n) is 2.24. The van der Waals surface area contributed by atoms with Gasteiger partial charge in [-0.2, -0.15) is 5.10 Å². The van der Waals surface area contributed by atoms with E-state index in [0.717, 1.165) is 30.2 Å². The SMILES string of the molecule is Oc1ccccc1Cc1nc2n(n1)CCCC2. The standard InChI is InChI=1S/C13H15N3O/c17-11-6-2-1-5-10(11)9-12-14-13-7-3-4-8-16(13)15-12/h1-2,5-6,17H,3-4,7-9H2. The summed E-state index contributed by atoms with van der Waals surface area (Å²) in [5.74, 6) is 2.21. The number of fused-ring (bicyclic) bond motifs is 1. The fraction of sp³-hybridized carbons (Fsp3) is 0.385. The largest absolute Gasteiger partial charge is 0.508 e. The number of aromatic hydroxyl groups is 1. The summed E-state index contributed by atoms with van der Waals surface area (Å²) in [7, 11) is 0. The number of nitrogens with zero attached hydrogens (tertiary/aromatic N) is 3. The Morgan fingerprint density at radius 3 is 2.94 bits per heavy atom. The number of phenolic OH excluding ortho intramolecular Hbond substituents is 1. The van der Waals surface area contributed by atoms with E-state index in [4.69, 9.17) is 0 Å². The zero-order valence-electron chi connectivity index (χ0n) is 9.63. The molecule has 0 unspecified atom stereocenters. The summed E-state index contributed by atoms with van der Waals surface area (Å²) < 4.78 is 2.00. The summed E-state index contributed by atoms with van der Waals surface area (Å²) in [5, 5.41) is 14.2. The van der Waals surface area contributed by atoms with E-state index in [1.54, 1.807) is 6.07 Å². The number of rotatable bonds is 2. The first kappa shape index (κ1) is 10.3. The number of aromatic nitrogens is 3. The van der Waals surface area contributed by atoms with E-state index in [1.807, 2.05) is 22.9 Å². The lowest BCUT2D eigenvalue weighted by Crippen LogP contribution is -2.11. The zero-order valence-corrected chi connectivity index (χ0v) is 9.63. The zero-order chi connectivity index (χ0) is 11.7. The molecule has 2 aromatic rings. The van der Waals surface area contributed by atoms with Gasteiger partial charge < -0.3 is 5.11 Å². The third kappa shape index (κ3) is 2.02. The van der Waals surface area contributed by atoms with Crippen molar-refractivity contribution in [1.82, 2.24) is 14.8 Å². The predicted octanol–water partition coefficient (Wildman–Crippen LogP) is 1.91. The molecule has 0 radical (unpaired) electrons. The molecule has 1 aliphatic heterocycles. The molecule has 17 heavy (non-hydrogen) atoms. The van der Waals surface area contributed by atoms with Gasteiger partial charge in [-0.25, -0.2) is 9.67 Å². The third-order valence-corrected chi connectivity index (χ3v) is 3.15. The van der Waals surface area contributed by atoms with Crippen LogP contribution in [0.25, 0.3) is 0 Å². The van der Waals surface area contributed by atoms with Gasteiger partial charge in [0, 0.05) is 24.9 Å². The van der Waals surface area contributed by atoms with Gasteiger partial charge in [-0.3, -0.25) is 0 Å². The minimum Gasteiger partial charge on any atom is -0.508 e. The molecule has 0 bridgehead atoms. The Labute approximate surface area is 99.9 Å². The van der Waals surface area contributed by atoms with Crippen LogP contribution in [0.4, 0.5) is 0 Å². The molecule has 0 saturated carbocycles. The summed E-state index contributed by atoms with van der Waals surface area (Å²) in [6.45, 7) is 0.975. The highest BCUT2D eigenvalue weighted by atomic mass is 16.3. The second kappa shape index (κ2) is 4.20. The molecule has 0 saturated heterocycles. The van der Waals surface area contributed by atoms with Gasteiger partial charge in [-0.05, 0) is 18.9 Å². The van der Waals surface area contributed by atoms with Crippen molar-refractivity contribution in [3.8, 4) is 5.75 Å². The number of benzene rings is 1. The van der Waals surface area contributed by atoms with Gasteiger partial charge in [-0.15, -0.1) is 0 Å². The van der Waals surface area contributed by atoms with Crippen molar-refractivity contribution >= 4 is 0 Å². The second-order valence-corrected chi connectivity index (χ2v) is 4.43. The van der Waals surface area contributed by atoms with E-state index in [2.05, 4.69) is 10.1 Å². The maximum atomic E-state index is 9.71. The lowest BCUT2D eigenvalue weighted by Gasteiger charge is -2.09. The van der Waals surface area contributed by atoms with Gasteiger partial charge in [0.2, 0.25) is 0 Å². The maximum Gasteiger partial charge on any atom is 0.155 e. The molecule has 88 valence electrons. The highest BCUT2D eigenvalue weighted by molar-refractivity contribution is 5.33. The quantitative estimate of drug-likeness (QED) is 0.855. The molecule has 3 rings (SSSR count). The molecular weight excluding hydrogens is 214 g/mol. The smallest absolute Gasteiger partial charge is 0.155 e. The summed E-state index contributed by atoms with van der Waals surface area (Å²) >= 11 is 0. The Morgan fingerprint density at radius 1 is 1.24 bits per heavy atom. The Hall–Kier alpha value is -1.84. The maximum absolute atomic E-state index is 9.71. The molecule has 4 heteroatoms.